The molecule has 2 saturated heterocycles. The number of ether oxygens (including phenoxy) is 1. The van der Waals surface area contributed by atoms with Gasteiger partial charge in [-0.15, -0.1) is 0 Å². The summed E-state index contributed by atoms with van der Waals surface area (Å²) in [4.78, 5) is 7.55. The van der Waals surface area contributed by atoms with Crippen molar-refractivity contribution in [1.82, 2.24) is 14.7 Å². The molecule has 2 heterocycles. The van der Waals surface area contributed by atoms with Crippen LogP contribution in [0.25, 0.3) is 0 Å². The molecule has 4 heteroatoms. The molecule has 2 aliphatic heterocycles. The van der Waals surface area contributed by atoms with Crippen LogP contribution in [0.1, 0.15) is 38.5 Å². The summed E-state index contributed by atoms with van der Waals surface area (Å²) in [5.41, 5.74) is 0. The zero-order valence-corrected chi connectivity index (χ0v) is 14.7. The third-order valence-electron chi connectivity index (χ3n) is 5.96. The summed E-state index contributed by atoms with van der Waals surface area (Å²) in [6.45, 7) is 8.77. The SMILES string of the molecule is CN1CCC(OC2CCC(CN3CCN(C)CC3)CC2)CC1. The van der Waals surface area contributed by atoms with Gasteiger partial charge in [0.1, 0.15) is 0 Å². The van der Waals surface area contributed by atoms with Gasteiger partial charge in [-0.05, 0) is 58.5 Å². The summed E-state index contributed by atoms with van der Waals surface area (Å²) in [5, 5.41) is 0. The largest absolute Gasteiger partial charge is 0.375 e. The fraction of sp³-hybridized carbons (Fsp3) is 1.00. The van der Waals surface area contributed by atoms with Crippen molar-refractivity contribution in [1.29, 1.82) is 0 Å². The molecular weight excluding hydrogens is 274 g/mol. The molecule has 1 aliphatic carbocycles. The van der Waals surface area contributed by atoms with E-state index < -0.39 is 0 Å². The molecule has 128 valence electrons. The first-order valence-corrected chi connectivity index (χ1v) is 9.44. The van der Waals surface area contributed by atoms with Crippen molar-refractivity contribution in [3.8, 4) is 0 Å². The lowest BCUT2D eigenvalue weighted by Crippen LogP contribution is -2.46. The van der Waals surface area contributed by atoms with Gasteiger partial charge in [0.15, 0.2) is 0 Å². The van der Waals surface area contributed by atoms with Gasteiger partial charge < -0.3 is 19.4 Å². The Morgan fingerprint density at radius 3 is 1.86 bits per heavy atom. The molecule has 0 aromatic carbocycles. The fourth-order valence-corrected chi connectivity index (χ4v) is 4.24. The minimum absolute atomic E-state index is 0.537. The highest BCUT2D eigenvalue weighted by Gasteiger charge is 2.27. The predicted molar refractivity (Wildman–Crippen MR) is 91.3 cm³/mol. The monoisotopic (exact) mass is 309 g/mol. The number of likely N-dealkylation sites (N-methyl/N-ethyl adjacent to an activating group) is 1. The average molecular weight is 309 g/mol. The Balaban J connectivity index is 1.32. The Kier molecular flexibility index (Phi) is 6.14. The molecule has 0 N–H and O–H groups in total. The van der Waals surface area contributed by atoms with E-state index in [1.165, 1.54) is 84.3 Å². The van der Waals surface area contributed by atoms with E-state index in [4.69, 9.17) is 4.74 Å². The van der Waals surface area contributed by atoms with Gasteiger partial charge in [-0.1, -0.05) is 0 Å². The van der Waals surface area contributed by atoms with Gasteiger partial charge in [-0.2, -0.15) is 0 Å². The second-order valence-corrected chi connectivity index (χ2v) is 7.89. The lowest BCUT2D eigenvalue weighted by Gasteiger charge is -2.38. The molecule has 0 amide bonds. The molecular formula is C18H35N3O. The van der Waals surface area contributed by atoms with Gasteiger partial charge in [0.25, 0.3) is 0 Å². The first kappa shape index (κ1) is 16.7. The average Bonchev–Trinajstić information content (AvgIpc) is 2.54. The Labute approximate surface area is 136 Å². The molecule has 4 nitrogen and oxygen atoms in total. The number of nitrogens with zero attached hydrogens (tertiary/aromatic N) is 3. The van der Waals surface area contributed by atoms with Crippen molar-refractivity contribution in [2.45, 2.75) is 50.7 Å². The normalized spacial score (nSPS) is 34.1. The molecule has 3 rings (SSSR count). The number of hydrogen-bond donors (Lipinski definition) is 0. The van der Waals surface area contributed by atoms with Crippen LogP contribution in [-0.4, -0.2) is 86.8 Å². The minimum Gasteiger partial charge on any atom is -0.375 e. The van der Waals surface area contributed by atoms with Gasteiger partial charge >= 0.3 is 0 Å². The van der Waals surface area contributed by atoms with E-state index in [1.807, 2.05) is 0 Å². The van der Waals surface area contributed by atoms with E-state index in [1.54, 1.807) is 0 Å². The number of likely N-dealkylation sites (tertiary alicyclic amines) is 1. The van der Waals surface area contributed by atoms with Gasteiger partial charge in [0.2, 0.25) is 0 Å². The van der Waals surface area contributed by atoms with Gasteiger partial charge in [0.05, 0.1) is 12.2 Å². The van der Waals surface area contributed by atoms with Crippen molar-refractivity contribution < 1.29 is 4.74 Å². The predicted octanol–water partition coefficient (Wildman–Crippen LogP) is 1.90. The molecule has 3 fully saturated rings. The molecule has 1 saturated carbocycles. The van der Waals surface area contributed by atoms with Crippen LogP contribution in [0.3, 0.4) is 0 Å². The third kappa shape index (κ3) is 4.92. The molecule has 0 aromatic rings. The third-order valence-corrected chi connectivity index (χ3v) is 5.96. The van der Waals surface area contributed by atoms with Crippen molar-refractivity contribution in [2.24, 2.45) is 5.92 Å². The summed E-state index contributed by atoms with van der Waals surface area (Å²) < 4.78 is 6.39. The Bertz CT molecular complexity index is 282. The molecule has 0 spiro atoms. The lowest BCUT2D eigenvalue weighted by atomic mass is 9.86. The molecule has 0 radical (unpaired) electrons. The second-order valence-electron chi connectivity index (χ2n) is 7.89. The van der Waals surface area contributed by atoms with Crippen LogP contribution in [0.4, 0.5) is 0 Å². The molecule has 3 aliphatic rings. The smallest absolute Gasteiger partial charge is 0.0603 e. The summed E-state index contributed by atoms with van der Waals surface area (Å²) in [5.74, 6) is 0.917. The summed E-state index contributed by atoms with van der Waals surface area (Å²) in [6.07, 6.45) is 8.91. The number of piperazine rings is 1. The number of rotatable bonds is 4. The highest BCUT2D eigenvalue weighted by atomic mass is 16.5. The van der Waals surface area contributed by atoms with Gasteiger partial charge in [0, 0.05) is 45.8 Å². The number of piperidine rings is 1. The minimum atomic E-state index is 0.537. The molecule has 22 heavy (non-hydrogen) atoms. The maximum absolute atomic E-state index is 6.39. The van der Waals surface area contributed by atoms with Crippen LogP contribution in [0.2, 0.25) is 0 Å². The van der Waals surface area contributed by atoms with Crippen LogP contribution in [-0.2, 0) is 4.74 Å². The second kappa shape index (κ2) is 8.09. The van der Waals surface area contributed by atoms with E-state index in [0.29, 0.717) is 12.2 Å². The van der Waals surface area contributed by atoms with Gasteiger partial charge in [-0.3, -0.25) is 0 Å². The highest BCUT2D eigenvalue weighted by molar-refractivity contribution is 4.80. The van der Waals surface area contributed by atoms with Crippen LogP contribution >= 0.6 is 0 Å². The molecule has 0 bridgehead atoms. The molecule has 0 atom stereocenters. The Morgan fingerprint density at radius 1 is 0.682 bits per heavy atom. The first-order chi connectivity index (χ1) is 10.7. The molecule has 0 unspecified atom stereocenters. The van der Waals surface area contributed by atoms with Crippen LogP contribution in [0.5, 0.6) is 0 Å². The van der Waals surface area contributed by atoms with Gasteiger partial charge in [-0.25, -0.2) is 0 Å². The zero-order chi connectivity index (χ0) is 15.4. The first-order valence-electron chi connectivity index (χ1n) is 9.44. The standard InChI is InChI=1S/C18H35N3O/c1-19-9-7-18(8-10-19)22-17-5-3-16(4-6-17)15-21-13-11-20(2)12-14-21/h16-18H,3-15H2,1-2H3. The van der Waals surface area contributed by atoms with Crippen molar-refractivity contribution in [3.63, 3.8) is 0 Å². The lowest BCUT2D eigenvalue weighted by molar-refractivity contribution is -0.0602. The quantitative estimate of drug-likeness (QED) is 0.789. The van der Waals surface area contributed by atoms with E-state index in [2.05, 4.69) is 28.8 Å². The zero-order valence-electron chi connectivity index (χ0n) is 14.7. The summed E-state index contributed by atoms with van der Waals surface area (Å²) in [6, 6.07) is 0. The fourth-order valence-electron chi connectivity index (χ4n) is 4.24. The van der Waals surface area contributed by atoms with E-state index in [0.717, 1.165) is 5.92 Å². The summed E-state index contributed by atoms with van der Waals surface area (Å²) in [7, 11) is 4.46. The maximum Gasteiger partial charge on any atom is 0.0603 e. The van der Waals surface area contributed by atoms with Crippen LogP contribution in [0, 0.1) is 5.92 Å². The summed E-state index contributed by atoms with van der Waals surface area (Å²) >= 11 is 0. The Hall–Kier alpha value is -0.160. The van der Waals surface area contributed by atoms with Crippen molar-refractivity contribution in [2.75, 3.05) is 59.9 Å². The van der Waals surface area contributed by atoms with Crippen molar-refractivity contribution >= 4 is 0 Å². The number of hydrogen-bond acceptors (Lipinski definition) is 4. The maximum atomic E-state index is 6.39. The van der Waals surface area contributed by atoms with E-state index in [9.17, 15) is 0 Å². The van der Waals surface area contributed by atoms with E-state index >= 15 is 0 Å². The Morgan fingerprint density at radius 2 is 1.23 bits per heavy atom. The van der Waals surface area contributed by atoms with Crippen molar-refractivity contribution in [3.05, 3.63) is 0 Å². The topological polar surface area (TPSA) is 19.0 Å². The van der Waals surface area contributed by atoms with E-state index in [-0.39, 0.29) is 0 Å². The molecule has 0 aromatic heterocycles. The van der Waals surface area contributed by atoms with Crippen LogP contribution in [0.15, 0.2) is 0 Å². The van der Waals surface area contributed by atoms with Crippen LogP contribution < -0.4 is 0 Å². The highest BCUT2D eigenvalue weighted by Crippen LogP contribution is 2.29.